The highest BCUT2D eigenvalue weighted by Crippen LogP contribution is 2.41. The minimum absolute atomic E-state index is 0.120. The molecule has 4 amide bonds. The quantitative estimate of drug-likeness (QED) is 0.0984. The van der Waals surface area contributed by atoms with E-state index in [0.29, 0.717) is 79.0 Å². The number of halogens is 9. The Balaban J connectivity index is 0.000000174. The van der Waals surface area contributed by atoms with Crippen LogP contribution in [0.3, 0.4) is 0 Å². The van der Waals surface area contributed by atoms with Gasteiger partial charge in [-0.25, -0.2) is 19.7 Å². The largest absolute Gasteiger partial charge is 0.444 e. The Morgan fingerprint density at radius 1 is 0.440 bits per heavy atom. The lowest BCUT2D eigenvalue weighted by molar-refractivity contribution is -0.138. The lowest BCUT2D eigenvalue weighted by Gasteiger charge is -2.27. The van der Waals surface area contributed by atoms with Gasteiger partial charge in [-0.2, -0.15) is 39.5 Å². The lowest BCUT2D eigenvalue weighted by atomic mass is 10.0. The predicted octanol–water partition coefficient (Wildman–Crippen LogP) is 14.1. The third-order valence-electron chi connectivity index (χ3n) is 16.1. The van der Waals surface area contributed by atoms with Crippen molar-refractivity contribution in [2.75, 3.05) is 61.0 Å². The summed E-state index contributed by atoms with van der Waals surface area (Å²) < 4.78 is 122. The van der Waals surface area contributed by atoms with E-state index in [1.807, 2.05) is 89.2 Å². The number of primary amides is 3. The monoisotopic (exact) mass is 1380 g/mol. The van der Waals surface area contributed by atoms with E-state index in [4.69, 9.17) is 26.7 Å². The molecule has 3 aliphatic rings. The maximum Gasteiger partial charge on any atom is 0.416 e. The third kappa shape index (κ3) is 18.1. The molecule has 0 spiro atoms. The molecule has 0 fully saturated rings. The highest BCUT2D eigenvalue weighted by molar-refractivity contribution is 5.93. The number of pyridine rings is 3. The number of carbonyl (C=O) groups is 5. The zero-order chi connectivity index (χ0) is 72.4. The Hall–Kier alpha value is -11.2. The number of carbonyl (C=O) groups excluding carboxylic acids is 5. The number of alkyl halides is 9. The van der Waals surface area contributed by atoms with Gasteiger partial charge in [0.2, 0.25) is 0 Å². The molecule has 0 saturated carbocycles. The number of rotatable bonds is 9. The van der Waals surface area contributed by atoms with Crippen LogP contribution in [0.25, 0.3) is 33.8 Å². The van der Waals surface area contributed by atoms with E-state index in [-0.39, 0.29) is 30.2 Å². The Labute approximate surface area is 569 Å². The number of hydrogen-bond donors (Lipinski definition) is 4. The molecule has 100 heavy (non-hydrogen) atoms. The van der Waals surface area contributed by atoms with E-state index >= 15 is 0 Å². The molecule has 0 aliphatic carbocycles. The minimum atomic E-state index is -4.44. The van der Waals surface area contributed by atoms with Crippen molar-refractivity contribution in [1.29, 1.82) is 0 Å². The minimum Gasteiger partial charge on any atom is -0.444 e. The fourth-order valence-electron chi connectivity index (χ4n) is 11.3. The molecule has 6 heterocycles. The zero-order valence-corrected chi connectivity index (χ0v) is 54.6. The van der Waals surface area contributed by atoms with Crippen LogP contribution in [0.15, 0.2) is 182 Å². The van der Waals surface area contributed by atoms with Crippen LogP contribution in [0.4, 0.5) is 78.4 Å². The van der Waals surface area contributed by atoms with Gasteiger partial charge in [-0.3, -0.25) is 14.4 Å². The Morgan fingerprint density at radius 2 is 0.780 bits per heavy atom. The molecule has 0 bridgehead atoms. The predicted molar refractivity (Wildman–Crippen MR) is 362 cm³/mol. The van der Waals surface area contributed by atoms with Crippen molar-refractivity contribution in [3.05, 3.63) is 232 Å². The van der Waals surface area contributed by atoms with Crippen LogP contribution in [0.5, 0.6) is 0 Å². The molecule has 3 aromatic heterocycles. The SMILES string of the molecule is C=O.CC(C)(C)OC(=O)N1CCN(c2ccc(C(F)(F)F)cc2)c2ccc(-c3cccc(C(N)=O)n3)cc2C1.CN1CCN(c2ccc(C(F)(F)F)cc2)c2ccc(-c3cccc(C(N)=O)n3)cc2C1.NC(=O)c1cccc(-c2ccc3c(c2)CNCCN3c2ccc(C(F)(F)F)cc2)n1. The summed E-state index contributed by atoms with van der Waals surface area (Å²) in [5.41, 5.74) is 25.2. The third-order valence-corrected chi connectivity index (χ3v) is 16.1. The summed E-state index contributed by atoms with van der Waals surface area (Å²) >= 11 is 0. The average molecular weight is 1380 g/mol. The number of nitrogens with one attached hydrogen (secondary N) is 1. The highest BCUT2D eigenvalue weighted by atomic mass is 19.4. The Kier molecular flexibility index (Phi) is 22.4. The van der Waals surface area contributed by atoms with Crippen LogP contribution in [0, 0.1) is 0 Å². The molecule has 0 atom stereocenters. The van der Waals surface area contributed by atoms with Crippen LogP contribution in [-0.2, 0) is 47.7 Å². The van der Waals surface area contributed by atoms with Gasteiger partial charge >= 0.3 is 24.6 Å². The van der Waals surface area contributed by atoms with Crippen molar-refractivity contribution >= 4 is 64.7 Å². The zero-order valence-electron chi connectivity index (χ0n) is 54.6. The first-order chi connectivity index (χ1) is 47.4. The summed E-state index contributed by atoms with van der Waals surface area (Å²) in [7, 11) is 2.00. The molecule has 0 radical (unpaired) electrons. The van der Waals surface area contributed by atoms with Gasteiger partial charge in [-0.15, -0.1) is 0 Å². The van der Waals surface area contributed by atoms with Crippen LogP contribution in [0.1, 0.15) is 85.6 Å². The van der Waals surface area contributed by atoms with Gasteiger partial charge in [-0.1, -0.05) is 36.4 Å². The van der Waals surface area contributed by atoms with Gasteiger partial charge < -0.3 is 56.5 Å². The van der Waals surface area contributed by atoms with Crippen molar-refractivity contribution < 1.29 is 68.2 Å². The van der Waals surface area contributed by atoms with Crippen LogP contribution < -0.4 is 37.2 Å². The van der Waals surface area contributed by atoms with E-state index in [1.54, 1.807) is 68.1 Å². The summed E-state index contributed by atoms with van der Waals surface area (Å²) in [6.07, 6.45) is -13.7. The number of nitrogens with zero attached hydrogens (tertiary/aromatic N) is 8. The maximum absolute atomic E-state index is 13.1. The van der Waals surface area contributed by atoms with Gasteiger partial charge in [0.15, 0.2) is 0 Å². The fourth-order valence-corrected chi connectivity index (χ4v) is 11.3. The number of anilines is 6. The summed E-state index contributed by atoms with van der Waals surface area (Å²) in [6, 6.07) is 47.6. The number of nitrogens with two attached hydrogens (primary N) is 3. The number of hydrogen-bond acceptors (Lipinski definition) is 14. The van der Waals surface area contributed by atoms with E-state index in [9.17, 15) is 58.7 Å². The summed E-state index contributed by atoms with van der Waals surface area (Å²) in [5.74, 6) is -1.84. The first-order valence-electron chi connectivity index (χ1n) is 31.1. The Morgan fingerprint density at radius 3 is 1.14 bits per heavy atom. The van der Waals surface area contributed by atoms with E-state index in [0.717, 1.165) is 87.8 Å². The molecule has 9 aromatic rings. The molecule has 12 rings (SSSR count). The van der Waals surface area contributed by atoms with E-state index in [2.05, 4.69) is 25.2 Å². The van der Waals surface area contributed by atoms with Gasteiger partial charge in [0.25, 0.3) is 17.7 Å². The number of fused-ring (bicyclic) bond motifs is 3. The van der Waals surface area contributed by atoms with Crippen molar-refractivity contribution in [1.82, 2.24) is 30.1 Å². The Bertz CT molecular complexity index is 4420. The number of ether oxygens (including phenoxy) is 1. The number of aromatic nitrogens is 3. The molecule has 27 heteroatoms. The van der Waals surface area contributed by atoms with Crippen molar-refractivity contribution in [2.24, 2.45) is 17.2 Å². The van der Waals surface area contributed by atoms with Crippen molar-refractivity contribution in [3.63, 3.8) is 0 Å². The number of benzene rings is 6. The average Bonchev–Trinajstić information content (AvgIpc) is 1.42. The van der Waals surface area contributed by atoms with E-state index < -0.39 is 64.6 Å². The first kappa shape index (κ1) is 73.1. The second-order valence-corrected chi connectivity index (χ2v) is 24.3. The molecule has 18 nitrogen and oxygen atoms in total. The summed E-state index contributed by atoms with van der Waals surface area (Å²) in [5, 5.41) is 3.33. The van der Waals surface area contributed by atoms with Crippen molar-refractivity contribution in [3.8, 4) is 33.8 Å². The highest BCUT2D eigenvalue weighted by Gasteiger charge is 2.34. The maximum atomic E-state index is 13.1. The molecule has 0 unspecified atom stereocenters. The number of amides is 4. The van der Waals surface area contributed by atoms with Gasteiger partial charge in [-0.05, 0) is 190 Å². The normalized spacial score (nSPS) is 14.1. The van der Waals surface area contributed by atoms with Gasteiger partial charge in [0.05, 0.1) is 40.3 Å². The second-order valence-electron chi connectivity index (χ2n) is 24.3. The van der Waals surface area contributed by atoms with Gasteiger partial charge in [0, 0.05) is 103 Å². The summed E-state index contributed by atoms with van der Waals surface area (Å²) in [4.78, 5) is 78.0. The molecular formula is C73H69F9N12O6. The smallest absolute Gasteiger partial charge is 0.416 e. The second kappa shape index (κ2) is 30.7. The molecular weight excluding hydrogens is 1310 g/mol. The first-order valence-corrected chi connectivity index (χ1v) is 31.1. The molecule has 3 aliphatic heterocycles. The van der Waals surface area contributed by atoms with Crippen LogP contribution in [-0.4, -0.2) is 107 Å². The van der Waals surface area contributed by atoms with Crippen LogP contribution in [0.2, 0.25) is 0 Å². The van der Waals surface area contributed by atoms with Crippen LogP contribution >= 0.6 is 0 Å². The molecule has 6 aromatic carbocycles. The standard InChI is InChI=1S/C27H27F3N4O3.C23H21F3N4O.C22H19F3N4O.CH2O/c1-26(2,3)37-25(36)33-13-14-34(20-10-8-19(9-11-20)27(28,29)30)23-12-7-17(15-18(23)16-33)21-5-4-6-22(32-21)24(31)35;1-29-11-12-30(18-8-6-17(7-9-18)23(24,25)26)21-10-5-15(13-16(21)14-29)19-3-2-4-20(28-19)22(27)31;23-22(24,25)16-5-7-17(8-6-16)29-11-10-27-13-15-12-14(4-9-20(15)29)18-2-1-3-19(28-18)21(26)30;1-2/h4-12,15H,13-14,16H2,1-3H3,(H2,31,35);2-10,13H,11-12,14H2,1H3,(H2,27,31);1-9,12,27H,10-11,13H2,(H2,26,30);1H2. The fraction of sp³-hybridized carbons (Fsp3) is 0.233. The molecule has 7 N–H and O–H groups in total. The van der Waals surface area contributed by atoms with Crippen molar-refractivity contribution in [2.45, 2.75) is 64.5 Å². The van der Waals surface area contributed by atoms with Gasteiger partial charge in [0.1, 0.15) is 29.5 Å². The molecule has 0 saturated heterocycles. The van der Waals surface area contributed by atoms with E-state index in [1.165, 1.54) is 42.5 Å². The lowest BCUT2D eigenvalue weighted by Crippen LogP contribution is -2.38. The summed E-state index contributed by atoms with van der Waals surface area (Å²) in [6.45, 7) is 12.2. The molecule has 520 valence electrons. The topological polar surface area (TPSA) is 240 Å². The number of likely N-dealkylation sites (N-methyl/N-ethyl adjacent to an activating group) is 1.